The summed E-state index contributed by atoms with van der Waals surface area (Å²) in [6.45, 7) is 2.09. The summed E-state index contributed by atoms with van der Waals surface area (Å²) in [6.07, 6.45) is -1.93. The van der Waals surface area contributed by atoms with Crippen LogP contribution in [0, 0.1) is 5.92 Å². The fraction of sp³-hybridized carbons (Fsp3) is 0.571. The number of hydrogen-bond donors (Lipinski definition) is 3. The van der Waals surface area contributed by atoms with Gasteiger partial charge in [-0.2, -0.15) is 13.2 Å². The average molecular weight is 287 g/mol. The zero-order chi connectivity index (χ0) is 15.1. The first-order chi connectivity index (χ1) is 9.20. The van der Waals surface area contributed by atoms with Crippen LogP contribution >= 0.6 is 0 Å². The third-order valence-corrected chi connectivity index (χ3v) is 4.05. The summed E-state index contributed by atoms with van der Waals surface area (Å²) in [5.41, 5.74) is 16.9. The Morgan fingerprint density at radius 3 is 2.25 bits per heavy atom. The third kappa shape index (κ3) is 2.85. The lowest BCUT2D eigenvalue weighted by Crippen LogP contribution is -2.31. The van der Waals surface area contributed by atoms with Gasteiger partial charge in [0.1, 0.15) is 0 Å². The SMILES string of the molecule is C[C@@H]1CC(c2ccc(C(F)(F)F)c(N)c2N)C[C@H](N)C1. The molecular formula is C14H20F3N3. The summed E-state index contributed by atoms with van der Waals surface area (Å²) in [5, 5.41) is 0. The second-order valence-electron chi connectivity index (χ2n) is 5.80. The van der Waals surface area contributed by atoms with E-state index in [9.17, 15) is 13.2 Å². The normalized spacial score (nSPS) is 27.6. The number of alkyl halides is 3. The van der Waals surface area contributed by atoms with Crippen LogP contribution < -0.4 is 17.2 Å². The highest BCUT2D eigenvalue weighted by atomic mass is 19.4. The first-order valence-electron chi connectivity index (χ1n) is 6.70. The van der Waals surface area contributed by atoms with E-state index in [0.717, 1.165) is 25.3 Å². The van der Waals surface area contributed by atoms with E-state index < -0.39 is 11.7 Å². The number of rotatable bonds is 1. The standard InChI is InChI=1S/C14H20F3N3/c1-7-4-8(6-9(18)5-7)10-2-3-11(14(15,16)17)13(20)12(10)19/h2-3,7-9H,4-6,18-20H2,1H3/t7-,8?,9-/m1/s1. The summed E-state index contributed by atoms with van der Waals surface area (Å²) >= 11 is 0. The number of nitrogens with two attached hydrogens (primary N) is 3. The molecular weight excluding hydrogens is 267 g/mol. The number of anilines is 2. The van der Waals surface area contributed by atoms with Crippen LogP contribution in [0.1, 0.15) is 43.2 Å². The van der Waals surface area contributed by atoms with Gasteiger partial charge in [-0.15, -0.1) is 0 Å². The van der Waals surface area contributed by atoms with Crippen LogP contribution in [0.5, 0.6) is 0 Å². The number of hydrogen-bond acceptors (Lipinski definition) is 3. The lowest BCUT2D eigenvalue weighted by atomic mass is 9.76. The van der Waals surface area contributed by atoms with Gasteiger partial charge in [-0.3, -0.25) is 0 Å². The molecule has 1 saturated carbocycles. The molecule has 3 atom stereocenters. The first-order valence-corrected chi connectivity index (χ1v) is 6.70. The van der Waals surface area contributed by atoms with Crippen LogP contribution in [0.2, 0.25) is 0 Å². The maximum Gasteiger partial charge on any atom is 0.418 e. The van der Waals surface area contributed by atoms with Gasteiger partial charge < -0.3 is 17.2 Å². The summed E-state index contributed by atoms with van der Waals surface area (Å²) in [5.74, 6) is 0.519. The molecule has 6 heteroatoms. The Kier molecular flexibility index (Phi) is 3.86. The van der Waals surface area contributed by atoms with E-state index >= 15 is 0 Å². The Labute approximate surface area is 116 Å². The predicted octanol–water partition coefficient (Wildman–Crippen LogP) is 3.10. The van der Waals surface area contributed by atoms with Crippen molar-refractivity contribution >= 4 is 11.4 Å². The van der Waals surface area contributed by atoms with Gasteiger partial charge in [-0.05, 0) is 42.7 Å². The van der Waals surface area contributed by atoms with Crippen molar-refractivity contribution in [1.82, 2.24) is 0 Å². The molecule has 1 unspecified atom stereocenters. The van der Waals surface area contributed by atoms with E-state index in [2.05, 4.69) is 6.92 Å². The van der Waals surface area contributed by atoms with Crippen LogP contribution in [0.3, 0.4) is 0 Å². The van der Waals surface area contributed by atoms with Crippen molar-refractivity contribution in [2.24, 2.45) is 11.7 Å². The van der Waals surface area contributed by atoms with Crippen LogP contribution in [0.15, 0.2) is 12.1 Å². The molecule has 1 aliphatic rings. The Balaban J connectivity index is 2.37. The summed E-state index contributed by atoms with van der Waals surface area (Å²) in [4.78, 5) is 0. The van der Waals surface area contributed by atoms with E-state index in [4.69, 9.17) is 17.2 Å². The Morgan fingerprint density at radius 2 is 1.70 bits per heavy atom. The number of benzene rings is 1. The lowest BCUT2D eigenvalue weighted by molar-refractivity contribution is -0.136. The summed E-state index contributed by atoms with van der Waals surface area (Å²) in [6, 6.07) is 2.53. The van der Waals surface area contributed by atoms with Gasteiger partial charge in [-0.1, -0.05) is 13.0 Å². The minimum Gasteiger partial charge on any atom is -0.397 e. The highest BCUT2D eigenvalue weighted by molar-refractivity contribution is 5.72. The molecule has 0 radical (unpaired) electrons. The molecule has 0 amide bonds. The smallest absolute Gasteiger partial charge is 0.397 e. The quantitative estimate of drug-likeness (QED) is 0.694. The molecule has 0 aliphatic heterocycles. The largest absolute Gasteiger partial charge is 0.418 e. The van der Waals surface area contributed by atoms with Gasteiger partial charge in [0.15, 0.2) is 0 Å². The van der Waals surface area contributed by atoms with Gasteiger partial charge in [0.25, 0.3) is 0 Å². The van der Waals surface area contributed by atoms with Gasteiger partial charge in [0.2, 0.25) is 0 Å². The van der Waals surface area contributed by atoms with E-state index in [1.807, 2.05) is 0 Å². The zero-order valence-corrected chi connectivity index (χ0v) is 11.4. The van der Waals surface area contributed by atoms with E-state index in [-0.39, 0.29) is 23.3 Å². The van der Waals surface area contributed by atoms with Crippen LogP contribution in [-0.4, -0.2) is 6.04 Å². The fourth-order valence-electron chi connectivity index (χ4n) is 3.17. The van der Waals surface area contributed by atoms with Gasteiger partial charge >= 0.3 is 6.18 Å². The lowest BCUT2D eigenvalue weighted by Gasteiger charge is -2.32. The van der Waals surface area contributed by atoms with Gasteiger partial charge in [0, 0.05) is 6.04 Å². The van der Waals surface area contributed by atoms with Gasteiger partial charge in [-0.25, -0.2) is 0 Å². The van der Waals surface area contributed by atoms with Gasteiger partial charge in [0.05, 0.1) is 16.9 Å². The monoisotopic (exact) mass is 287 g/mol. The molecule has 0 spiro atoms. The molecule has 2 rings (SSSR count). The molecule has 0 saturated heterocycles. The van der Waals surface area contributed by atoms with E-state index in [1.54, 1.807) is 0 Å². The molecule has 0 aromatic heterocycles. The maximum atomic E-state index is 12.8. The molecule has 1 aliphatic carbocycles. The van der Waals surface area contributed by atoms with Crippen LogP contribution in [0.25, 0.3) is 0 Å². The van der Waals surface area contributed by atoms with E-state index in [0.29, 0.717) is 11.5 Å². The van der Waals surface area contributed by atoms with Crippen LogP contribution in [0.4, 0.5) is 24.5 Å². The molecule has 3 nitrogen and oxygen atoms in total. The van der Waals surface area contributed by atoms with Crippen molar-refractivity contribution in [3.63, 3.8) is 0 Å². The second kappa shape index (κ2) is 5.16. The van der Waals surface area contributed by atoms with Crippen molar-refractivity contribution in [3.05, 3.63) is 23.3 Å². The molecule has 1 aromatic rings. The maximum absolute atomic E-state index is 12.8. The Bertz CT molecular complexity index is 489. The molecule has 112 valence electrons. The number of nitrogen functional groups attached to an aromatic ring is 2. The molecule has 6 N–H and O–H groups in total. The van der Waals surface area contributed by atoms with Crippen molar-refractivity contribution in [2.45, 2.75) is 44.3 Å². The topological polar surface area (TPSA) is 78.1 Å². The third-order valence-electron chi connectivity index (χ3n) is 4.05. The number of halogens is 3. The fourth-order valence-corrected chi connectivity index (χ4v) is 3.17. The minimum absolute atomic E-state index is 0.0473. The zero-order valence-electron chi connectivity index (χ0n) is 11.4. The summed E-state index contributed by atoms with van der Waals surface area (Å²) in [7, 11) is 0. The van der Waals surface area contributed by atoms with Crippen molar-refractivity contribution in [2.75, 3.05) is 11.5 Å². The Hall–Kier alpha value is -1.43. The average Bonchev–Trinajstić information content (AvgIpc) is 2.29. The van der Waals surface area contributed by atoms with Crippen molar-refractivity contribution < 1.29 is 13.2 Å². The molecule has 1 fully saturated rings. The van der Waals surface area contributed by atoms with E-state index in [1.165, 1.54) is 6.07 Å². The molecule has 20 heavy (non-hydrogen) atoms. The Morgan fingerprint density at radius 1 is 1.05 bits per heavy atom. The summed E-state index contributed by atoms with van der Waals surface area (Å²) < 4.78 is 38.3. The first kappa shape index (κ1) is 15.0. The van der Waals surface area contributed by atoms with Crippen molar-refractivity contribution in [1.29, 1.82) is 0 Å². The second-order valence-corrected chi connectivity index (χ2v) is 5.80. The highest BCUT2D eigenvalue weighted by Crippen LogP contribution is 2.43. The highest BCUT2D eigenvalue weighted by Gasteiger charge is 2.35. The molecule has 1 aromatic carbocycles. The minimum atomic E-state index is -4.48. The predicted molar refractivity (Wildman–Crippen MR) is 74.0 cm³/mol. The molecule has 0 bridgehead atoms. The van der Waals surface area contributed by atoms with Crippen LogP contribution in [-0.2, 0) is 6.18 Å². The van der Waals surface area contributed by atoms with Crippen molar-refractivity contribution in [3.8, 4) is 0 Å². The molecule has 0 heterocycles.